The number of nitrogens with zero attached hydrogens (tertiary/aromatic N) is 2. The van der Waals surface area contributed by atoms with E-state index in [0.29, 0.717) is 19.2 Å². The number of nitrogens with one attached hydrogen (secondary N) is 2. The number of H-pyrrole nitrogens is 1. The average molecular weight is 468 g/mol. The number of nitrogen functional groups attached to an aromatic ring is 1. The van der Waals surface area contributed by atoms with Gasteiger partial charge in [0.25, 0.3) is 0 Å². The molecule has 4 rings (SSSR count). The van der Waals surface area contributed by atoms with Gasteiger partial charge in [-0.3, -0.25) is 19.9 Å². The van der Waals surface area contributed by atoms with Crippen LogP contribution in [-0.4, -0.2) is 70.8 Å². The minimum Gasteiger partial charge on any atom is -0.465 e. The third-order valence-electron chi connectivity index (χ3n) is 7.12. The number of fused-ring (bicyclic) bond motifs is 1. The Bertz CT molecular complexity index is 1060. The highest BCUT2D eigenvalue weighted by atomic mass is 16.5. The molecule has 1 aromatic heterocycles. The zero-order valence-electron chi connectivity index (χ0n) is 20.4. The van der Waals surface area contributed by atoms with Gasteiger partial charge in [-0.2, -0.15) is 0 Å². The molecule has 1 aliphatic carbocycles. The fourth-order valence-electron chi connectivity index (χ4n) is 5.26. The van der Waals surface area contributed by atoms with Gasteiger partial charge in [0.05, 0.1) is 19.7 Å². The van der Waals surface area contributed by atoms with Crippen LogP contribution in [0.1, 0.15) is 62.8 Å². The van der Waals surface area contributed by atoms with E-state index in [1.165, 1.54) is 16.6 Å². The van der Waals surface area contributed by atoms with Gasteiger partial charge in [0, 0.05) is 40.8 Å². The summed E-state index contributed by atoms with van der Waals surface area (Å²) in [7, 11) is 0. The van der Waals surface area contributed by atoms with Crippen LogP contribution in [0.4, 0.5) is 0 Å². The summed E-state index contributed by atoms with van der Waals surface area (Å²) in [6.07, 6.45) is 6.83. The Kier molecular flexibility index (Phi) is 7.56. The fourth-order valence-corrected chi connectivity index (χ4v) is 5.26. The third kappa shape index (κ3) is 5.43. The van der Waals surface area contributed by atoms with Crippen LogP contribution in [0.15, 0.2) is 18.2 Å². The number of likely N-dealkylation sites (tertiary alicyclic amines) is 1. The number of hydrogen-bond acceptors (Lipinski definition) is 5. The molecule has 2 heterocycles. The second-order valence-corrected chi connectivity index (χ2v) is 9.47. The predicted molar refractivity (Wildman–Crippen MR) is 133 cm³/mol. The van der Waals surface area contributed by atoms with Crippen molar-refractivity contribution in [3.05, 3.63) is 35.0 Å². The molecule has 2 fully saturated rings. The lowest BCUT2D eigenvalue weighted by molar-refractivity contribution is -0.145. The molecule has 1 amide bonds. The highest BCUT2D eigenvalue weighted by molar-refractivity contribution is 5.99. The van der Waals surface area contributed by atoms with E-state index in [2.05, 4.69) is 11.9 Å². The first-order chi connectivity index (χ1) is 16.4. The van der Waals surface area contributed by atoms with Crippen LogP contribution in [0.5, 0.6) is 0 Å². The van der Waals surface area contributed by atoms with Crippen molar-refractivity contribution in [2.24, 2.45) is 5.73 Å². The van der Waals surface area contributed by atoms with Gasteiger partial charge in [0.15, 0.2) is 0 Å². The standard InChI is InChI=1S/C26H37N5O3/c1-3-20-21-11-7-17(26(27)28)14-23(21)29-22(20)12-10-19-6-5-13-31(19)24(32)15-30(18-8-9-18)16-25(33)34-4-2/h7,11,14,18-19,29H,3-6,8-10,12-13,15-16H2,1-2H3,(H3,27,28)/t19-/m0/s1. The molecule has 34 heavy (non-hydrogen) atoms. The van der Waals surface area contributed by atoms with Gasteiger partial charge < -0.3 is 20.4 Å². The van der Waals surface area contributed by atoms with Crippen LogP contribution >= 0.6 is 0 Å². The first kappa shape index (κ1) is 24.3. The topological polar surface area (TPSA) is 116 Å². The number of ether oxygens (including phenoxy) is 1. The van der Waals surface area contributed by atoms with Gasteiger partial charge in [0.1, 0.15) is 5.84 Å². The van der Waals surface area contributed by atoms with Gasteiger partial charge >= 0.3 is 5.97 Å². The molecule has 1 saturated heterocycles. The summed E-state index contributed by atoms with van der Waals surface area (Å²) >= 11 is 0. The monoisotopic (exact) mass is 467 g/mol. The first-order valence-corrected chi connectivity index (χ1v) is 12.6. The van der Waals surface area contributed by atoms with Crippen molar-refractivity contribution < 1.29 is 14.3 Å². The van der Waals surface area contributed by atoms with Crippen molar-refractivity contribution in [2.45, 2.75) is 70.9 Å². The minimum atomic E-state index is -0.251. The summed E-state index contributed by atoms with van der Waals surface area (Å²) in [6.45, 7) is 5.60. The summed E-state index contributed by atoms with van der Waals surface area (Å²) in [5.74, 6) is -0.0597. The zero-order chi connectivity index (χ0) is 24.2. The second-order valence-electron chi connectivity index (χ2n) is 9.47. The normalized spacial score (nSPS) is 18.1. The largest absolute Gasteiger partial charge is 0.465 e. The number of carbonyl (C=O) groups is 2. The van der Waals surface area contributed by atoms with Crippen molar-refractivity contribution in [3.8, 4) is 0 Å². The molecule has 2 aromatic rings. The summed E-state index contributed by atoms with van der Waals surface area (Å²) < 4.78 is 5.11. The molecule has 1 aliphatic heterocycles. The highest BCUT2D eigenvalue weighted by Crippen LogP contribution is 2.29. The number of carbonyl (C=O) groups excluding carboxylic acids is 2. The summed E-state index contributed by atoms with van der Waals surface area (Å²) in [5.41, 5.74) is 9.91. The molecule has 8 heteroatoms. The first-order valence-electron chi connectivity index (χ1n) is 12.6. The fraction of sp³-hybridized carbons (Fsp3) is 0.577. The molecule has 0 unspecified atom stereocenters. The van der Waals surface area contributed by atoms with Crippen LogP contribution < -0.4 is 5.73 Å². The average Bonchev–Trinajstić information content (AvgIpc) is 3.44. The quantitative estimate of drug-likeness (QED) is 0.267. The third-order valence-corrected chi connectivity index (χ3v) is 7.12. The van der Waals surface area contributed by atoms with Crippen LogP contribution in [0.2, 0.25) is 0 Å². The Balaban J connectivity index is 1.41. The maximum atomic E-state index is 13.2. The number of aryl methyl sites for hydroxylation is 2. The molecule has 8 nitrogen and oxygen atoms in total. The number of rotatable bonds is 11. The summed E-state index contributed by atoms with van der Waals surface area (Å²) in [4.78, 5) is 32.8. The zero-order valence-corrected chi connectivity index (χ0v) is 20.4. The van der Waals surface area contributed by atoms with Crippen LogP contribution in [0, 0.1) is 5.41 Å². The Hall–Kier alpha value is -2.87. The predicted octanol–water partition coefficient (Wildman–Crippen LogP) is 2.97. The molecule has 0 bridgehead atoms. The molecule has 0 radical (unpaired) electrons. The van der Waals surface area contributed by atoms with Crippen molar-refractivity contribution in [3.63, 3.8) is 0 Å². The number of benzene rings is 1. The van der Waals surface area contributed by atoms with E-state index in [9.17, 15) is 9.59 Å². The van der Waals surface area contributed by atoms with E-state index in [1.807, 2.05) is 28.0 Å². The van der Waals surface area contributed by atoms with Gasteiger partial charge in [0.2, 0.25) is 5.91 Å². The lowest BCUT2D eigenvalue weighted by Gasteiger charge is -2.28. The lowest BCUT2D eigenvalue weighted by atomic mass is 10.0. The van der Waals surface area contributed by atoms with Gasteiger partial charge in [-0.1, -0.05) is 19.1 Å². The number of aromatic amines is 1. The maximum Gasteiger partial charge on any atom is 0.320 e. The van der Waals surface area contributed by atoms with E-state index in [0.717, 1.165) is 62.6 Å². The van der Waals surface area contributed by atoms with E-state index >= 15 is 0 Å². The molecule has 1 saturated carbocycles. The summed E-state index contributed by atoms with van der Waals surface area (Å²) in [6, 6.07) is 6.45. The number of aromatic nitrogens is 1. The molecule has 2 aliphatic rings. The van der Waals surface area contributed by atoms with E-state index in [1.54, 1.807) is 6.92 Å². The van der Waals surface area contributed by atoms with Crippen molar-refractivity contribution >= 4 is 28.6 Å². The number of hydrogen-bond donors (Lipinski definition) is 3. The second kappa shape index (κ2) is 10.6. The molecule has 1 atom stereocenters. The number of esters is 1. The van der Waals surface area contributed by atoms with E-state index < -0.39 is 0 Å². The van der Waals surface area contributed by atoms with Crippen LogP contribution in [-0.2, 0) is 27.2 Å². The molecule has 1 aromatic carbocycles. The Morgan fingerprint density at radius 1 is 1.24 bits per heavy atom. The van der Waals surface area contributed by atoms with Crippen molar-refractivity contribution in [1.29, 1.82) is 5.41 Å². The highest BCUT2D eigenvalue weighted by Gasteiger charge is 2.35. The minimum absolute atomic E-state index is 0.0689. The van der Waals surface area contributed by atoms with Gasteiger partial charge in [-0.25, -0.2) is 0 Å². The van der Waals surface area contributed by atoms with Gasteiger partial charge in [-0.05, 0) is 63.5 Å². The smallest absolute Gasteiger partial charge is 0.320 e. The van der Waals surface area contributed by atoms with Crippen molar-refractivity contribution in [2.75, 3.05) is 26.2 Å². The molecule has 184 valence electrons. The summed E-state index contributed by atoms with van der Waals surface area (Å²) in [5, 5.41) is 8.89. The number of amides is 1. The number of nitrogens with two attached hydrogens (primary N) is 1. The van der Waals surface area contributed by atoms with E-state index in [-0.39, 0.29) is 30.3 Å². The SMILES string of the molecule is CCOC(=O)CN(CC(=O)N1CCC[C@H]1CCc1[nH]c2cc(C(=N)N)ccc2c1CC)C1CC1. The maximum absolute atomic E-state index is 13.2. The van der Waals surface area contributed by atoms with Crippen LogP contribution in [0.3, 0.4) is 0 Å². The molecule has 0 spiro atoms. The molecular weight excluding hydrogens is 430 g/mol. The molecule has 4 N–H and O–H groups in total. The van der Waals surface area contributed by atoms with Gasteiger partial charge in [-0.15, -0.1) is 0 Å². The Morgan fingerprint density at radius 3 is 2.71 bits per heavy atom. The Morgan fingerprint density at radius 2 is 2.03 bits per heavy atom. The lowest BCUT2D eigenvalue weighted by Crippen LogP contribution is -2.45. The van der Waals surface area contributed by atoms with Crippen LogP contribution in [0.25, 0.3) is 10.9 Å². The Labute approximate surface area is 201 Å². The molecular formula is C26H37N5O3. The number of amidine groups is 1. The van der Waals surface area contributed by atoms with Crippen molar-refractivity contribution in [1.82, 2.24) is 14.8 Å². The van der Waals surface area contributed by atoms with E-state index in [4.69, 9.17) is 15.9 Å².